The monoisotopic (exact) mass is 438 g/mol. The lowest BCUT2D eigenvalue weighted by atomic mass is 10.1. The Morgan fingerprint density at radius 1 is 1.21 bits per heavy atom. The van der Waals surface area contributed by atoms with Crippen LogP contribution in [0.1, 0.15) is 29.8 Å². The predicted molar refractivity (Wildman–Crippen MR) is 109 cm³/mol. The van der Waals surface area contributed by atoms with Crippen molar-refractivity contribution in [2.24, 2.45) is 0 Å². The van der Waals surface area contributed by atoms with Crippen molar-refractivity contribution in [3.8, 4) is 10.6 Å². The van der Waals surface area contributed by atoms with E-state index in [4.69, 9.17) is 14.1 Å². The summed E-state index contributed by atoms with van der Waals surface area (Å²) in [6, 6.07) is 6.89. The molecule has 3 aromatic rings. The molecule has 29 heavy (non-hydrogen) atoms. The Morgan fingerprint density at radius 3 is 2.69 bits per heavy atom. The number of aromatic nitrogens is 1. The molecule has 9 nitrogen and oxygen atoms in total. The van der Waals surface area contributed by atoms with Crippen molar-refractivity contribution in [2.75, 3.05) is 17.6 Å². The van der Waals surface area contributed by atoms with Crippen LogP contribution < -0.4 is 10.9 Å². The summed E-state index contributed by atoms with van der Waals surface area (Å²) in [5.74, 6) is -1.41. The lowest BCUT2D eigenvalue weighted by Gasteiger charge is -2.07. The molecule has 0 unspecified atom stereocenters. The van der Waals surface area contributed by atoms with Crippen LogP contribution in [0, 0.1) is 0 Å². The molecule has 154 valence electrons. The minimum Gasteiger partial charge on any atom is -0.476 e. The molecule has 0 aliphatic carbocycles. The highest BCUT2D eigenvalue weighted by molar-refractivity contribution is 7.85. The molecule has 0 fully saturated rings. The highest BCUT2D eigenvalue weighted by Gasteiger charge is 2.15. The molecule has 0 atom stereocenters. The fourth-order valence-electron chi connectivity index (χ4n) is 2.68. The van der Waals surface area contributed by atoms with Gasteiger partial charge in [-0.2, -0.15) is 8.42 Å². The van der Waals surface area contributed by atoms with E-state index < -0.39 is 21.7 Å². The molecule has 0 radical (unpaired) electrons. The largest absolute Gasteiger partial charge is 0.476 e. The first-order valence-electron chi connectivity index (χ1n) is 8.69. The molecule has 0 spiro atoms. The van der Waals surface area contributed by atoms with Gasteiger partial charge in [-0.05, 0) is 31.0 Å². The molecule has 3 rings (SSSR count). The van der Waals surface area contributed by atoms with Crippen LogP contribution in [0.25, 0.3) is 21.5 Å². The van der Waals surface area contributed by atoms with E-state index in [-0.39, 0.29) is 22.0 Å². The van der Waals surface area contributed by atoms with Crippen molar-refractivity contribution in [1.29, 1.82) is 0 Å². The molecule has 11 heteroatoms. The van der Waals surface area contributed by atoms with Gasteiger partial charge in [0, 0.05) is 29.1 Å². The van der Waals surface area contributed by atoms with E-state index in [0.717, 1.165) is 17.0 Å². The smallest absolute Gasteiger partial charge is 0.355 e. The summed E-state index contributed by atoms with van der Waals surface area (Å²) >= 11 is 1.06. The van der Waals surface area contributed by atoms with E-state index in [1.165, 1.54) is 5.38 Å². The van der Waals surface area contributed by atoms with E-state index in [2.05, 4.69) is 10.3 Å². The van der Waals surface area contributed by atoms with Crippen LogP contribution in [0.15, 0.2) is 38.9 Å². The first-order valence-corrected chi connectivity index (χ1v) is 11.2. The molecule has 0 bridgehead atoms. The lowest BCUT2D eigenvalue weighted by Crippen LogP contribution is -2.06. The van der Waals surface area contributed by atoms with E-state index >= 15 is 0 Å². The van der Waals surface area contributed by atoms with Gasteiger partial charge >= 0.3 is 11.6 Å². The molecule has 2 aromatic heterocycles. The average molecular weight is 438 g/mol. The maximum atomic E-state index is 12.3. The normalized spacial score (nSPS) is 11.6. The lowest BCUT2D eigenvalue weighted by molar-refractivity contribution is 0.0691. The third-order valence-electron chi connectivity index (χ3n) is 4.10. The van der Waals surface area contributed by atoms with E-state index in [0.29, 0.717) is 36.8 Å². The van der Waals surface area contributed by atoms with Crippen LogP contribution in [0.2, 0.25) is 0 Å². The Hall–Kier alpha value is -2.76. The minimum atomic E-state index is -3.91. The first-order chi connectivity index (χ1) is 13.7. The van der Waals surface area contributed by atoms with Crippen molar-refractivity contribution in [1.82, 2.24) is 4.98 Å². The summed E-state index contributed by atoms with van der Waals surface area (Å²) in [5, 5.41) is 14.5. The topological polar surface area (TPSA) is 147 Å². The van der Waals surface area contributed by atoms with Gasteiger partial charge in [0.2, 0.25) is 0 Å². The molecular formula is C18H18N2O7S2. The molecule has 0 aliphatic heterocycles. The first kappa shape index (κ1) is 21.0. The van der Waals surface area contributed by atoms with Gasteiger partial charge in [-0.3, -0.25) is 4.55 Å². The van der Waals surface area contributed by atoms with Crippen LogP contribution in [-0.4, -0.2) is 41.3 Å². The summed E-state index contributed by atoms with van der Waals surface area (Å²) < 4.78 is 35.4. The Labute approximate surface area is 169 Å². The van der Waals surface area contributed by atoms with Crippen LogP contribution in [0.5, 0.6) is 0 Å². The second-order valence-corrected chi connectivity index (χ2v) is 8.75. The standard InChI is InChI=1S/C18H18N2O7S2/c21-17(22)14-10-28-16(20-14)13-8-11-4-5-12(9-15(11)27-18(13)23)19-6-2-1-3-7-29(24,25)26/h4-5,8-10,19H,1-3,6-7H2,(H,21,22)(H,24,25,26). The molecule has 0 saturated heterocycles. The highest BCUT2D eigenvalue weighted by atomic mass is 32.2. The number of hydrogen-bond donors (Lipinski definition) is 3. The summed E-state index contributed by atoms with van der Waals surface area (Å²) in [6.45, 7) is 0.594. The Kier molecular flexibility index (Phi) is 6.30. The molecule has 1 aromatic carbocycles. The van der Waals surface area contributed by atoms with Gasteiger partial charge in [-0.15, -0.1) is 11.3 Å². The molecular weight excluding hydrogens is 420 g/mol. The molecule has 0 aliphatic rings. The third kappa shape index (κ3) is 5.62. The average Bonchev–Trinajstić information content (AvgIpc) is 3.13. The molecule has 0 amide bonds. The summed E-state index contributed by atoms with van der Waals surface area (Å²) in [7, 11) is -3.91. The van der Waals surface area contributed by atoms with E-state index in [1.54, 1.807) is 18.2 Å². The van der Waals surface area contributed by atoms with Crippen molar-refractivity contribution >= 4 is 44.1 Å². The fraction of sp³-hybridized carbons (Fsp3) is 0.278. The number of carbonyl (C=O) groups is 1. The number of carboxylic acids is 1. The van der Waals surface area contributed by atoms with Crippen LogP contribution in [0.3, 0.4) is 0 Å². The van der Waals surface area contributed by atoms with E-state index in [9.17, 15) is 18.0 Å². The number of carboxylic acid groups (broad SMARTS) is 1. The zero-order valence-electron chi connectivity index (χ0n) is 15.1. The van der Waals surface area contributed by atoms with Crippen molar-refractivity contribution < 1.29 is 27.3 Å². The van der Waals surface area contributed by atoms with Gasteiger partial charge in [-0.1, -0.05) is 6.42 Å². The van der Waals surface area contributed by atoms with Gasteiger partial charge in [0.25, 0.3) is 10.1 Å². The van der Waals surface area contributed by atoms with Crippen molar-refractivity contribution in [2.45, 2.75) is 19.3 Å². The Balaban J connectivity index is 1.67. The predicted octanol–water partition coefficient (Wildman–Crippen LogP) is 3.08. The van der Waals surface area contributed by atoms with Gasteiger partial charge in [0.05, 0.1) is 11.3 Å². The minimum absolute atomic E-state index is 0.124. The zero-order chi connectivity index (χ0) is 21.0. The summed E-state index contributed by atoms with van der Waals surface area (Å²) in [5.41, 5.74) is 0.594. The maximum Gasteiger partial charge on any atom is 0.355 e. The van der Waals surface area contributed by atoms with E-state index in [1.807, 2.05) is 6.07 Å². The van der Waals surface area contributed by atoms with Gasteiger partial charge in [-0.25, -0.2) is 14.6 Å². The fourth-order valence-corrected chi connectivity index (χ4v) is 4.05. The molecule has 0 saturated carbocycles. The van der Waals surface area contributed by atoms with Gasteiger partial charge < -0.3 is 14.8 Å². The third-order valence-corrected chi connectivity index (χ3v) is 5.78. The quantitative estimate of drug-likeness (QED) is 0.260. The highest BCUT2D eigenvalue weighted by Crippen LogP contribution is 2.26. The van der Waals surface area contributed by atoms with Crippen LogP contribution in [0.4, 0.5) is 5.69 Å². The number of anilines is 1. The van der Waals surface area contributed by atoms with Gasteiger partial charge in [0.15, 0.2) is 5.69 Å². The molecule has 2 heterocycles. The maximum absolute atomic E-state index is 12.3. The number of rotatable bonds is 9. The number of hydrogen-bond acceptors (Lipinski definition) is 8. The number of fused-ring (bicyclic) bond motifs is 1. The SMILES string of the molecule is O=C(O)c1csc(-c2cc3ccc(NCCCCCS(=O)(=O)O)cc3oc2=O)n1. The summed E-state index contributed by atoms with van der Waals surface area (Å²) in [6.07, 6.45) is 1.74. The number of benzene rings is 1. The van der Waals surface area contributed by atoms with Crippen molar-refractivity contribution in [3.63, 3.8) is 0 Å². The molecule has 3 N–H and O–H groups in total. The van der Waals surface area contributed by atoms with Crippen LogP contribution >= 0.6 is 11.3 Å². The second kappa shape index (κ2) is 8.72. The number of thiazole rings is 1. The summed E-state index contributed by atoms with van der Waals surface area (Å²) in [4.78, 5) is 27.2. The van der Waals surface area contributed by atoms with Gasteiger partial charge in [0.1, 0.15) is 10.6 Å². The van der Waals surface area contributed by atoms with Crippen molar-refractivity contribution in [3.05, 3.63) is 45.8 Å². The Morgan fingerprint density at radius 2 is 2.00 bits per heavy atom. The van der Waals surface area contributed by atoms with Crippen LogP contribution in [-0.2, 0) is 10.1 Å². The zero-order valence-corrected chi connectivity index (χ0v) is 16.8. The number of nitrogens with one attached hydrogen (secondary N) is 1. The number of nitrogens with zero attached hydrogens (tertiary/aromatic N) is 1. The number of aromatic carboxylic acids is 1. The Bertz CT molecular complexity index is 1200. The second-order valence-electron chi connectivity index (χ2n) is 6.32. The number of unbranched alkanes of at least 4 members (excludes halogenated alkanes) is 2.